The van der Waals surface area contributed by atoms with Crippen molar-refractivity contribution in [2.75, 3.05) is 12.5 Å². The van der Waals surface area contributed by atoms with Crippen LogP contribution in [0.2, 0.25) is 0 Å². The van der Waals surface area contributed by atoms with E-state index >= 15 is 0 Å². The molecule has 0 atom stereocenters. The van der Waals surface area contributed by atoms with Crippen LogP contribution >= 0.6 is 0 Å². The molecule has 2 rings (SSSR count). The van der Waals surface area contributed by atoms with Crippen LogP contribution < -0.4 is 0 Å². The van der Waals surface area contributed by atoms with Crippen molar-refractivity contribution in [1.29, 1.82) is 0 Å². The van der Waals surface area contributed by atoms with E-state index in [2.05, 4.69) is 12.5 Å². The van der Waals surface area contributed by atoms with Crippen LogP contribution in [0.1, 0.15) is 5.56 Å². The van der Waals surface area contributed by atoms with Crippen LogP contribution in [-0.4, -0.2) is 30.4 Å². The first-order valence-electron chi connectivity index (χ1n) is 6.46. The van der Waals surface area contributed by atoms with E-state index in [9.17, 15) is 23.1 Å². The number of hydrogen-bond acceptors (Lipinski definition) is 5. The van der Waals surface area contributed by atoms with E-state index < -0.39 is 10.1 Å². The molecule has 0 heterocycles. The molecule has 0 radical (unpaired) electrons. The molecule has 23 heavy (non-hydrogen) atoms. The third-order valence-corrected chi connectivity index (χ3v) is 4.89. The summed E-state index contributed by atoms with van der Waals surface area (Å²) in [7, 11) is -4.09. The highest BCUT2D eigenvalue weighted by atomic mass is 32.2. The van der Waals surface area contributed by atoms with Gasteiger partial charge in [0.05, 0.1) is 9.82 Å². The van der Waals surface area contributed by atoms with Gasteiger partial charge in [0.25, 0.3) is 5.69 Å². The molecule has 0 amide bonds. The Morgan fingerprint density at radius 3 is 1.78 bits per heavy atom. The van der Waals surface area contributed by atoms with Gasteiger partial charge in [-0.25, -0.2) is 8.42 Å². The lowest BCUT2D eigenvalue weighted by Gasteiger charge is -2.05. The quantitative estimate of drug-likeness (QED) is 0.365. The Morgan fingerprint density at radius 1 is 0.957 bits per heavy atom. The SMILES string of the molecule is C[S+](C)c1ccc([N+](=O)[O-])cc1.Cc1ccc(S(=O)(=O)[O-])cc1. The Kier molecular flexibility index (Phi) is 6.74. The maximum absolute atomic E-state index is 10.4. The Balaban J connectivity index is 0.000000231. The fourth-order valence-corrected chi connectivity index (χ4v) is 2.69. The third-order valence-electron chi connectivity index (χ3n) is 2.83. The van der Waals surface area contributed by atoms with E-state index in [1.54, 1.807) is 36.4 Å². The number of nitro benzene ring substituents is 1. The fourth-order valence-electron chi connectivity index (χ4n) is 1.54. The van der Waals surface area contributed by atoms with E-state index in [1.165, 1.54) is 12.1 Å². The van der Waals surface area contributed by atoms with Gasteiger partial charge in [-0.2, -0.15) is 0 Å². The zero-order chi connectivity index (χ0) is 17.6. The van der Waals surface area contributed by atoms with Crippen LogP contribution in [0.4, 0.5) is 5.69 Å². The second kappa shape index (κ2) is 8.09. The summed E-state index contributed by atoms with van der Waals surface area (Å²) in [4.78, 5) is 10.9. The summed E-state index contributed by atoms with van der Waals surface area (Å²) in [6.07, 6.45) is 4.17. The average Bonchev–Trinajstić information content (AvgIpc) is 2.47. The normalized spacial score (nSPS) is 10.8. The van der Waals surface area contributed by atoms with Crippen molar-refractivity contribution >= 4 is 26.7 Å². The first-order chi connectivity index (χ1) is 10.6. The van der Waals surface area contributed by atoms with Crippen LogP contribution in [-0.2, 0) is 21.0 Å². The number of nitrogens with zero attached hydrogens (tertiary/aromatic N) is 1. The summed E-state index contributed by atoms with van der Waals surface area (Å²) in [6, 6.07) is 12.5. The van der Waals surface area contributed by atoms with Gasteiger partial charge in [0.2, 0.25) is 0 Å². The third kappa shape index (κ3) is 6.39. The van der Waals surface area contributed by atoms with Gasteiger partial charge in [0.1, 0.15) is 22.6 Å². The lowest BCUT2D eigenvalue weighted by atomic mass is 10.2. The van der Waals surface area contributed by atoms with E-state index in [1.807, 2.05) is 6.92 Å². The number of aryl methyl sites for hydroxylation is 1. The van der Waals surface area contributed by atoms with Crippen LogP contribution in [0.5, 0.6) is 0 Å². The van der Waals surface area contributed by atoms with Crippen molar-refractivity contribution in [2.24, 2.45) is 0 Å². The molecule has 0 saturated carbocycles. The standard InChI is InChI=1S/C8H10NO2S.C7H8O3S/c1-12(2)8-5-3-7(4-6-8)9(10)11;1-6-2-4-7(5-3-6)11(8,9)10/h3-6H,1-2H3;2-5H,1H3,(H,8,9,10)/q+1;/p-1. The van der Waals surface area contributed by atoms with Crippen molar-refractivity contribution in [1.82, 2.24) is 0 Å². The molecule has 0 unspecified atom stereocenters. The smallest absolute Gasteiger partial charge is 0.269 e. The summed E-state index contributed by atoms with van der Waals surface area (Å²) in [5.41, 5.74) is 1.08. The molecule has 2 aromatic rings. The van der Waals surface area contributed by atoms with Gasteiger partial charge in [-0.1, -0.05) is 17.7 Å². The molecule has 0 spiro atoms. The Labute approximate surface area is 138 Å². The van der Waals surface area contributed by atoms with Gasteiger partial charge >= 0.3 is 0 Å². The lowest BCUT2D eigenvalue weighted by Crippen LogP contribution is -1.97. The Morgan fingerprint density at radius 2 is 1.43 bits per heavy atom. The second-order valence-corrected chi connectivity index (χ2v) is 8.32. The van der Waals surface area contributed by atoms with Gasteiger partial charge in [0, 0.05) is 23.0 Å². The molecular formula is C15H17NO5S2. The fraction of sp³-hybridized carbons (Fsp3) is 0.200. The molecule has 0 bridgehead atoms. The predicted octanol–water partition coefficient (Wildman–Crippen LogP) is 2.73. The highest BCUT2D eigenvalue weighted by Crippen LogP contribution is 2.15. The van der Waals surface area contributed by atoms with Crippen LogP contribution in [0.15, 0.2) is 58.3 Å². The van der Waals surface area contributed by atoms with E-state index in [0.29, 0.717) is 0 Å². The lowest BCUT2D eigenvalue weighted by molar-refractivity contribution is -0.384. The van der Waals surface area contributed by atoms with E-state index in [0.717, 1.165) is 10.5 Å². The minimum atomic E-state index is -4.27. The zero-order valence-electron chi connectivity index (χ0n) is 12.9. The van der Waals surface area contributed by atoms with Gasteiger partial charge in [-0.05, 0) is 31.2 Å². The molecule has 6 nitrogen and oxygen atoms in total. The van der Waals surface area contributed by atoms with Crippen LogP contribution in [0.25, 0.3) is 0 Å². The highest BCUT2D eigenvalue weighted by Gasteiger charge is 2.10. The van der Waals surface area contributed by atoms with Crippen molar-refractivity contribution < 1.29 is 17.9 Å². The average molecular weight is 355 g/mol. The summed E-state index contributed by atoms with van der Waals surface area (Å²) in [5, 5.41) is 10.3. The summed E-state index contributed by atoms with van der Waals surface area (Å²) >= 11 is 0. The molecule has 0 aliphatic heterocycles. The first kappa shape index (κ1) is 19.1. The second-order valence-electron chi connectivity index (χ2n) is 4.83. The molecule has 2 aromatic carbocycles. The molecule has 124 valence electrons. The molecule has 0 saturated heterocycles. The monoisotopic (exact) mass is 355 g/mol. The van der Waals surface area contributed by atoms with Crippen molar-refractivity contribution in [2.45, 2.75) is 16.7 Å². The number of benzene rings is 2. The van der Waals surface area contributed by atoms with Gasteiger partial charge in [-0.3, -0.25) is 10.1 Å². The number of rotatable bonds is 3. The Hall–Kier alpha value is -1.90. The molecule has 0 aliphatic carbocycles. The van der Waals surface area contributed by atoms with E-state index in [-0.39, 0.29) is 26.4 Å². The zero-order valence-corrected chi connectivity index (χ0v) is 14.6. The maximum Gasteiger partial charge on any atom is 0.269 e. The number of hydrogen-bond donors (Lipinski definition) is 0. The summed E-state index contributed by atoms with van der Waals surface area (Å²) in [5.74, 6) is 0. The van der Waals surface area contributed by atoms with Gasteiger partial charge in [0.15, 0.2) is 4.90 Å². The molecular weight excluding hydrogens is 338 g/mol. The predicted molar refractivity (Wildman–Crippen MR) is 89.7 cm³/mol. The molecule has 0 aliphatic rings. The van der Waals surface area contributed by atoms with Crippen LogP contribution in [0, 0.1) is 17.0 Å². The van der Waals surface area contributed by atoms with Gasteiger partial charge < -0.3 is 4.55 Å². The molecule has 0 N–H and O–H groups in total. The Bertz CT molecular complexity index is 753. The minimum absolute atomic E-state index is 0.157. The van der Waals surface area contributed by atoms with Crippen molar-refractivity contribution in [3.8, 4) is 0 Å². The van der Waals surface area contributed by atoms with Crippen LogP contribution in [0.3, 0.4) is 0 Å². The molecule has 0 fully saturated rings. The molecule has 0 aromatic heterocycles. The van der Waals surface area contributed by atoms with Gasteiger partial charge in [-0.15, -0.1) is 0 Å². The van der Waals surface area contributed by atoms with E-state index in [4.69, 9.17) is 0 Å². The molecule has 8 heteroatoms. The topological polar surface area (TPSA) is 100 Å². The largest absolute Gasteiger partial charge is 0.744 e. The minimum Gasteiger partial charge on any atom is -0.744 e. The van der Waals surface area contributed by atoms with Crippen molar-refractivity contribution in [3.63, 3.8) is 0 Å². The maximum atomic E-state index is 10.4. The number of nitro groups is 1. The number of non-ortho nitro benzene ring substituents is 1. The first-order valence-corrected chi connectivity index (χ1v) is 9.91. The van der Waals surface area contributed by atoms with Crippen molar-refractivity contribution in [3.05, 3.63) is 64.2 Å². The summed E-state index contributed by atoms with van der Waals surface area (Å²) < 4.78 is 31.2. The highest BCUT2D eigenvalue weighted by molar-refractivity contribution is 7.95. The summed E-state index contributed by atoms with van der Waals surface area (Å²) in [6.45, 7) is 1.82.